The lowest BCUT2D eigenvalue weighted by atomic mass is 10.6. The second-order valence-electron chi connectivity index (χ2n) is 0.984. The molecular formula is C4H5N2O. The van der Waals surface area contributed by atoms with E-state index in [-0.39, 0.29) is 0 Å². The third-order valence-electron chi connectivity index (χ3n) is 0.508. The van der Waals surface area contributed by atoms with Gasteiger partial charge in [-0.25, -0.2) is 0 Å². The summed E-state index contributed by atoms with van der Waals surface area (Å²) in [5.74, 6) is 0. The maximum Gasteiger partial charge on any atom is 0.121 e. The van der Waals surface area contributed by atoms with Gasteiger partial charge in [0.1, 0.15) is 6.26 Å². The number of H-pyrrole nitrogens is 2. The van der Waals surface area contributed by atoms with E-state index in [2.05, 4.69) is 21.1 Å². The Balaban J connectivity index is 3.06. The highest BCUT2D eigenvalue weighted by molar-refractivity contribution is 4.74. The van der Waals surface area contributed by atoms with Crippen LogP contribution in [0.3, 0.4) is 0 Å². The van der Waals surface area contributed by atoms with E-state index in [1.165, 1.54) is 6.26 Å². The van der Waals surface area contributed by atoms with E-state index >= 15 is 0 Å². The number of hydrogen-bond acceptors (Lipinski definition) is 1. The van der Waals surface area contributed by atoms with Crippen LogP contribution in [0.25, 0.3) is 0 Å². The van der Waals surface area contributed by atoms with Crippen molar-refractivity contribution in [3.63, 3.8) is 0 Å². The average Bonchev–Trinajstić information content (AvgIpc) is 1.90. The molecule has 0 saturated heterocycles. The normalized spacial score (nSPS) is 8.00. The van der Waals surface area contributed by atoms with Crippen molar-refractivity contribution in [2.75, 3.05) is 0 Å². The summed E-state index contributed by atoms with van der Waals surface area (Å²) in [4.78, 5) is 0. The molecule has 1 aromatic rings. The van der Waals surface area contributed by atoms with Gasteiger partial charge in [0.05, 0.1) is 6.20 Å². The van der Waals surface area contributed by atoms with Gasteiger partial charge >= 0.3 is 0 Å². The van der Waals surface area contributed by atoms with Crippen LogP contribution >= 0.6 is 0 Å². The Hall–Kier alpha value is -1.12. The summed E-state index contributed by atoms with van der Waals surface area (Å²) in [7, 11) is 0. The van der Waals surface area contributed by atoms with E-state index in [9.17, 15) is 0 Å². The molecule has 7 heavy (non-hydrogen) atoms. The first-order valence-electron chi connectivity index (χ1n) is 1.90. The van der Waals surface area contributed by atoms with Crippen LogP contribution in [0, 0.1) is 6.20 Å². The number of nitrogens with one attached hydrogen (secondary N) is 2. The van der Waals surface area contributed by atoms with Gasteiger partial charge in [-0.05, 0) is 12.1 Å². The second kappa shape index (κ2) is 2.12. The number of aromatic nitrogens is 2. The van der Waals surface area contributed by atoms with Gasteiger partial charge in [0.25, 0.3) is 0 Å². The largest absolute Gasteiger partial charge is 0.375 e. The maximum atomic E-state index is 4.56. The molecule has 1 heterocycles. The van der Waals surface area contributed by atoms with Gasteiger partial charge in [0.2, 0.25) is 0 Å². The third kappa shape index (κ3) is 1.17. The highest BCUT2D eigenvalue weighted by Gasteiger charge is 1.57. The molecule has 2 N–H and O–H groups in total. The lowest BCUT2D eigenvalue weighted by Gasteiger charge is -1.66. The van der Waals surface area contributed by atoms with E-state index in [4.69, 9.17) is 0 Å². The minimum atomic E-state index is 1.51. The van der Waals surface area contributed by atoms with Crippen molar-refractivity contribution >= 4 is 0 Å². The van der Waals surface area contributed by atoms with Crippen LogP contribution < -0.4 is 0 Å². The molecule has 37 valence electrons. The maximum absolute atomic E-state index is 4.56. The molecule has 0 aliphatic rings. The fourth-order valence-corrected chi connectivity index (χ4v) is 0.261. The summed E-state index contributed by atoms with van der Waals surface area (Å²) >= 11 is 0. The van der Waals surface area contributed by atoms with E-state index < -0.39 is 0 Å². The van der Waals surface area contributed by atoms with Crippen molar-refractivity contribution in [3.8, 4) is 0 Å². The third-order valence-corrected chi connectivity index (χ3v) is 0.508. The van der Waals surface area contributed by atoms with Crippen molar-refractivity contribution in [2.45, 2.75) is 0 Å². The Morgan fingerprint density at radius 2 is 2.57 bits per heavy atom. The zero-order valence-corrected chi connectivity index (χ0v) is 3.64. The molecule has 1 radical (unpaired) electrons. The summed E-state index contributed by atoms with van der Waals surface area (Å²) in [6.07, 6.45) is 4.16. The van der Waals surface area contributed by atoms with Crippen LogP contribution in [0.2, 0.25) is 0 Å². The lowest BCUT2D eigenvalue weighted by Crippen LogP contribution is -1.63. The summed E-state index contributed by atoms with van der Waals surface area (Å²) in [5.41, 5.74) is 0. The van der Waals surface area contributed by atoms with E-state index in [0.29, 0.717) is 0 Å². The van der Waals surface area contributed by atoms with Gasteiger partial charge in [0.15, 0.2) is 0 Å². The smallest absolute Gasteiger partial charge is 0.121 e. The molecule has 0 aliphatic heterocycles. The second-order valence-corrected chi connectivity index (χ2v) is 0.984. The first kappa shape index (κ1) is 4.05. The standard InChI is InChI=1S/C4H5N2O/c1-2-4-7-6-5-3-1/h1-2,4-6H. The molecule has 0 amide bonds. The van der Waals surface area contributed by atoms with Crippen molar-refractivity contribution in [1.82, 2.24) is 10.4 Å². The number of aromatic amines is 2. The fourth-order valence-electron chi connectivity index (χ4n) is 0.261. The topological polar surface area (TPSA) is 44.7 Å². The minimum absolute atomic E-state index is 1.51. The molecule has 1 rings (SSSR count). The Labute approximate surface area is 40.6 Å². The van der Waals surface area contributed by atoms with Crippen LogP contribution in [-0.2, 0) is 0 Å². The molecule has 0 bridgehead atoms. The van der Waals surface area contributed by atoms with Gasteiger partial charge < -0.3 is 4.52 Å². The van der Waals surface area contributed by atoms with Gasteiger partial charge in [0, 0.05) is 0 Å². The van der Waals surface area contributed by atoms with Crippen LogP contribution in [0.15, 0.2) is 22.9 Å². The predicted octanol–water partition coefficient (Wildman–Crippen LogP) is 0.860. The SMILES string of the molecule is [c]1ccco[nH][nH]1. The zero-order valence-electron chi connectivity index (χ0n) is 3.64. The molecule has 1 aromatic heterocycles. The molecule has 0 saturated carbocycles. The number of rotatable bonds is 0. The van der Waals surface area contributed by atoms with Crippen LogP contribution in [0.5, 0.6) is 0 Å². The summed E-state index contributed by atoms with van der Waals surface area (Å²) in [6.45, 7) is 0. The lowest BCUT2D eigenvalue weighted by molar-refractivity contribution is 0.369. The molecular weight excluding hydrogens is 92.1 g/mol. The van der Waals surface area contributed by atoms with Gasteiger partial charge in [-0.3, -0.25) is 5.10 Å². The molecule has 0 spiro atoms. The summed E-state index contributed by atoms with van der Waals surface area (Å²) in [5, 5.41) is 4.88. The van der Waals surface area contributed by atoms with E-state index in [1.54, 1.807) is 12.1 Å². The van der Waals surface area contributed by atoms with E-state index in [1.807, 2.05) is 0 Å². The van der Waals surface area contributed by atoms with Crippen molar-refractivity contribution in [2.24, 2.45) is 0 Å². The van der Waals surface area contributed by atoms with Crippen LogP contribution in [0.4, 0.5) is 0 Å². The Morgan fingerprint density at radius 1 is 1.57 bits per heavy atom. The quantitative estimate of drug-likeness (QED) is 0.495. The van der Waals surface area contributed by atoms with Crippen LogP contribution in [-0.4, -0.2) is 10.4 Å². The van der Waals surface area contributed by atoms with Gasteiger partial charge in [-0.1, -0.05) is 0 Å². The monoisotopic (exact) mass is 97.0 g/mol. The molecule has 0 unspecified atom stereocenters. The van der Waals surface area contributed by atoms with Gasteiger partial charge in [-0.15, -0.1) is 0 Å². The first-order chi connectivity index (χ1) is 3.50. The highest BCUT2D eigenvalue weighted by atomic mass is 16.5. The Kier molecular flexibility index (Phi) is 1.23. The summed E-state index contributed by atoms with van der Waals surface area (Å²) in [6, 6.07) is 3.41. The average molecular weight is 97.1 g/mol. The van der Waals surface area contributed by atoms with Gasteiger partial charge in [-0.2, -0.15) is 5.27 Å². The Morgan fingerprint density at radius 3 is 3.57 bits per heavy atom. The fraction of sp³-hybridized carbons (Fsp3) is 0. The molecule has 0 fully saturated rings. The van der Waals surface area contributed by atoms with E-state index in [0.717, 1.165) is 0 Å². The predicted molar refractivity (Wildman–Crippen MR) is 23.9 cm³/mol. The minimum Gasteiger partial charge on any atom is -0.375 e. The van der Waals surface area contributed by atoms with Crippen molar-refractivity contribution in [1.29, 1.82) is 0 Å². The molecule has 3 heteroatoms. The van der Waals surface area contributed by atoms with Crippen molar-refractivity contribution in [3.05, 3.63) is 24.6 Å². The highest BCUT2D eigenvalue weighted by Crippen LogP contribution is 1.69. The molecule has 0 aromatic carbocycles. The van der Waals surface area contributed by atoms with Crippen molar-refractivity contribution < 1.29 is 4.52 Å². The first-order valence-corrected chi connectivity index (χ1v) is 1.90. The molecule has 0 aliphatic carbocycles. The Bertz CT molecular complexity index is 97.7. The van der Waals surface area contributed by atoms with Crippen LogP contribution in [0.1, 0.15) is 0 Å². The number of hydrogen-bond donors (Lipinski definition) is 2. The molecule has 0 atom stereocenters. The zero-order chi connectivity index (χ0) is 4.95. The summed E-state index contributed by atoms with van der Waals surface area (Å²) < 4.78 is 4.56. The molecule has 3 nitrogen and oxygen atoms in total.